The number of nitrogens with one attached hydrogen (secondary N) is 2. The summed E-state index contributed by atoms with van der Waals surface area (Å²) in [5.74, 6) is -0.0857. The average Bonchev–Trinajstić information content (AvgIpc) is 2.57. The molecule has 0 spiro atoms. The Morgan fingerprint density at radius 2 is 1.88 bits per heavy atom. The van der Waals surface area contributed by atoms with Crippen LogP contribution in [0, 0.1) is 20.8 Å². The van der Waals surface area contributed by atoms with Crippen molar-refractivity contribution in [3.05, 3.63) is 75.1 Å². The SMILES string of the molecule is Cc1ccc2[nH]c(=O)c(CCC(=O)Nc3cccc(C)c3C)cc2c1. The standard InChI is InChI=1S/C21H22N2O2/c1-13-7-9-19-17(11-13)12-16(21(25)23-19)8-10-20(24)22-18-6-4-5-14(2)15(18)3/h4-7,9,11-12H,8,10H2,1-3H3,(H,22,24)(H,23,25). The Balaban J connectivity index is 1.73. The summed E-state index contributed by atoms with van der Waals surface area (Å²) >= 11 is 0. The number of H-pyrrole nitrogens is 1. The van der Waals surface area contributed by atoms with Crippen LogP contribution in [0.2, 0.25) is 0 Å². The van der Waals surface area contributed by atoms with Gasteiger partial charge < -0.3 is 10.3 Å². The number of rotatable bonds is 4. The van der Waals surface area contributed by atoms with Gasteiger partial charge in [0.25, 0.3) is 5.56 Å². The van der Waals surface area contributed by atoms with Gasteiger partial charge in [-0.05, 0) is 68.0 Å². The van der Waals surface area contributed by atoms with Gasteiger partial charge in [0.05, 0.1) is 0 Å². The molecule has 0 fully saturated rings. The van der Waals surface area contributed by atoms with Crippen molar-refractivity contribution in [2.24, 2.45) is 0 Å². The summed E-state index contributed by atoms with van der Waals surface area (Å²) in [5.41, 5.74) is 5.49. The molecule has 0 aliphatic heterocycles. The van der Waals surface area contributed by atoms with E-state index in [1.165, 1.54) is 0 Å². The number of pyridine rings is 1. The molecule has 1 aromatic heterocycles. The first kappa shape index (κ1) is 17.0. The lowest BCUT2D eigenvalue weighted by Gasteiger charge is -2.10. The topological polar surface area (TPSA) is 62.0 Å². The van der Waals surface area contributed by atoms with Crippen molar-refractivity contribution < 1.29 is 4.79 Å². The van der Waals surface area contributed by atoms with Gasteiger partial charge in [-0.2, -0.15) is 0 Å². The average molecular weight is 334 g/mol. The molecule has 0 saturated heterocycles. The minimum atomic E-state index is -0.129. The monoisotopic (exact) mass is 334 g/mol. The van der Waals surface area contributed by atoms with E-state index in [2.05, 4.69) is 10.3 Å². The Kier molecular flexibility index (Phi) is 4.70. The fraction of sp³-hybridized carbons (Fsp3) is 0.238. The molecule has 0 atom stereocenters. The van der Waals surface area contributed by atoms with Crippen LogP contribution in [0.25, 0.3) is 10.9 Å². The summed E-state index contributed by atoms with van der Waals surface area (Å²) in [5, 5.41) is 3.93. The molecule has 1 amide bonds. The molecular weight excluding hydrogens is 312 g/mol. The second-order valence-corrected chi connectivity index (χ2v) is 6.51. The van der Waals surface area contributed by atoms with Crippen LogP contribution < -0.4 is 10.9 Å². The van der Waals surface area contributed by atoms with E-state index in [0.717, 1.165) is 33.3 Å². The molecule has 2 aromatic carbocycles. The highest BCUT2D eigenvalue weighted by atomic mass is 16.1. The van der Waals surface area contributed by atoms with E-state index in [0.29, 0.717) is 12.0 Å². The number of hydrogen-bond donors (Lipinski definition) is 2. The van der Waals surface area contributed by atoms with Crippen LogP contribution in [-0.2, 0) is 11.2 Å². The fourth-order valence-corrected chi connectivity index (χ4v) is 2.90. The number of carbonyl (C=O) groups excluding carboxylic acids is 1. The van der Waals surface area contributed by atoms with Gasteiger partial charge in [0.2, 0.25) is 5.91 Å². The molecule has 0 saturated carbocycles. The third-order valence-corrected chi connectivity index (χ3v) is 4.58. The van der Waals surface area contributed by atoms with Crippen LogP contribution in [0.15, 0.2) is 47.3 Å². The number of amides is 1. The van der Waals surface area contributed by atoms with Crippen LogP contribution in [0.3, 0.4) is 0 Å². The van der Waals surface area contributed by atoms with Crippen LogP contribution in [-0.4, -0.2) is 10.9 Å². The number of benzene rings is 2. The molecule has 128 valence electrons. The van der Waals surface area contributed by atoms with E-state index >= 15 is 0 Å². The molecule has 0 unspecified atom stereocenters. The molecule has 0 bridgehead atoms. The number of fused-ring (bicyclic) bond motifs is 1. The largest absolute Gasteiger partial charge is 0.326 e. The summed E-state index contributed by atoms with van der Waals surface area (Å²) in [6, 6.07) is 13.6. The molecule has 3 aromatic rings. The van der Waals surface area contributed by atoms with Gasteiger partial charge >= 0.3 is 0 Å². The summed E-state index contributed by atoms with van der Waals surface area (Å²) < 4.78 is 0. The highest BCUT2D eigenvalue weighted by Crippen LogP contribution is 2.18. The number of hydrogen-bond acceptors (Lipinski definition) is 2. The van der Waals surface area contributed by atoms with Crippen molar-refractivity contribution in [3.63, 3.8) is 0 Å². The fourth-order valence-electron chi connectivity index (χ4n) is 2.90. The molecular formula is C21H22N2O2. The molecule has 4 heteroatoms. The second kappa shape index (κ2) is 6.93. The minimum absolute atomic E-state index is 0.0857. The van der Waals surface area contributed by atoms with Gasteiger partial charge in [-0.1, -0.05) is 23.8 Å². The quantitative estimate of drug-likeness (QED) is 0.757. The molecule has 1 heterocycles. The van der Waals surface area contributed by atoms with Gasteiger partial charge in [0.1, 0.15) is 0 Å². The zero-order valence-electron chi connectivity index (χ0n) is 14.8. The predicted molar refractivity (Wildman–Crippen MR) is 102 cm³/mol. The number of anilines is 1. The van der Waals surface area contributed by atoms with Crippen LogP contribution >= 0.6 is 0 Å². The highest BCUT2D eigenvalue weighted by molar-refractivity contribution is 5.91. The zero-order valence-corrected chi connectivity index (χ0v) is 14.8. The minimum Gasteiger partial charge on any atom is -0.326 e. The summed E-state index contributed by atoms with van der Waals surface area (Å²) in [7, 11) is 0. The number of aromatic nitrogens is 1. The van der Waals surface area contributed by atoms with Gasteiger partial charge in [0, 0.05) is 23.2 Å². The maximum atomic E-state index is 12.3. The molecule has 0 aliphatic carbocycles. The van der Waals surface area contributed by atoms with E-state index in [4.69, 9.17) is 0 Å². The number of aromatic amines is 1. The van der Waals surface area contributed by atoms with Crippen LogP contribution in [0.5, 0.6) is 0 Å². The van der Waals surface area contributed by atoms with Crippen LogP contribution in [0.1, 0.15) is 28.7 Å². The second-order valence-electron chi connectivity index (χ2n) is 6.51. The molecule has 0 radical (unpaired) electrons. The highest BCUT2D eigenvalue weighted by Gasteiger charge is 2.09. The Morgan fingerprint density at radius 3 is 2.68 bits per heavy atom. The van der Waals surface area contributed by atoms with Gasteiger partial charge in [-0.15, -0.1) is 0 Å². The lowest BCUT2D eigenvalue weighted by molar-refractivity contribution is -0.116. The summed E-state index contributed by atoms with van der Waals surface area (Å²) in [4.78, 5) is 27.3. The number of carbonyl (C=O) groups is 1. The van der Waals surface area contributed by atoms with E-state index in [9.17, 15) is 9.59 Å². The third-order valence-electron chi connectivity index (χ3n) is 4.58. The van der Waals surface area contributed by atoms with Gasteiger partial charge in [-0.25, -0.2) is 0 Å². The third kappa shape index (κ3) is 3.79. The molecule has 2 N–H and O–H groups in total. The van der Waals surface area contributed by atoms with E-state index in [-0.39, 0.29) is 17.9 Å². The predicted octanol–water partition coefficient (Wildman–Crippen LogP) is 4.02. The Morgan fingerprint density at radius 1 is 1.08 bits per heavy atom. The van der Waals surface area contributed by atoms with Crippen molar-refractivity contribution in [2.45, 2.75) is 33.6 Å². The van der Waals surface area contributed by atoms with E-state index in [1.807, 2.05) is 63.2 Å². The lowest BCUT2D eigenvalue weighted by atomic mass is 10.1. The lowest BCUT2D eigenvalue weighted by Crippen LogP contribution is -2.17. The van der Waals surface area contributed by atoms with Crippen molar-refractivity contribution in [3.8, 4) is 0 Å². The summed E-state index contributed by atoms with van der Waals surface area (Å²) in [6.07, 6.45) is 0.684. The van der Waals surface area contributed by atoms with Crippen molar-refractivity contribution >= 4 is 22.5 Å². The maximum Gasteiger partial charge on any atom is 0.251 e. The Labute approximate surface area is 146 Å². The molecule has 4 nitrogen and oxygen atoms in total. The first-order chi connectivity index (χ1) is 11.9. The molecule has 3 rings (SSSR count). The Bertz CT molecular complexity index is 1000. The van der Waals surface area contributed by atoms with E-state index in [1.54, 1.807) is 0 Å². The van der Waals surface area contributed by atoms with Crippen molar-refractivity contribution in [1.29, 1.82) is 0 Å². The first-order valence-corrected chi connectivity index (χ1v) is 8.42. The van der Waals surface area contributed by atoms with E-state index < -0.39 is 0 Å². The Hall–Kier alpha value is -2.88. The van der Waals surface area contributed by atoms with Gasteiger partial charge in [0.15, 0.2) is 0 Å². The van der Waals surface area contributed by atoms with Crippen LogP contribution in [0.4, 0.5) is 5.69 Å². The smallest absolute Gasteiger partial charge is 0.251 e. The zero-order chi connectivity index (χ0) is 18.0. The molecule has 25 heavy (non-hydrogen) atoms. The summed E-state index contributed by atoms with van der Waals surface area (Å²) in [6.45, 7) is 6.02. The van der Waals surface area contributed by atoms with Crippen molar-refractivity contribution in [2.75, 3.05) is 5.32 Å². The van der Waals surface area contributed by atoms with Crippen molar-refractivity contribution in [1.82, 2.24) is 4.98 Å². The number of aryl methyl sites for hydroxylation is 3. The first-order valence-electron chi connectivity index (χ1n) is 8.42. The normalized spacial score (nSPS) is 10.8. The van der Waals surface area contributed by atoms with Gasteiger partial charge in [-0.3, -0.25) is 9.59 Å². The maximum absolute atomic E-state index is 12.3. The molecule has 0 aliphatic rings.